The molecule has 1 atom stereocenters. The number of nitrogens with one attached hydrogen (secondary N) is 1. The Labute approximate surface area is 139 Å². The Hall–Kier alpha value is -2.89. The molecule has 1 aromatic carbocycles. The second-order valence-electron chi connectivity index (χ2n) is 5.80. The number of carboxylic acids is 1. The summed E-state index contributed by atoms with van der Waals surface area (Å²) >= 11 is 0. The van der Waals surface area contributed by atoms with Crippen molar-refractivity contribution >= 4 is 11.9 Å². The van der Waals surface area contributed by atoms with Crippen LogP contribution in [0.4, 0.5) is 0 Å². The molecule has 1 aromatic heterocycles. The first-order valence-corrected chi connectivity index (χ1v) is 7.79. The molecule has 1 amide bonds. The number of carbonyl (C=O) groups is 2. The molecular weight excluding hydrogens is 308 g/mol. The van der Waals surface area contributed by atoms with E-state index in [9.17, 15) is 14.7 Å². The summed E-state index contributed by atoms with van der Waals surface area (Å²) in [5.74, 6) is -0.808. The fourth-order valence-corrected chi connectivity index (χ4v) is 2.41. The van der Waals surface area contributed by atoms with E-state index in [1.54, 1.807) is 36.7 Å². The van der Waals surface area contributed by atoms with Crippen LogP contribution < -0.4 is 10.1 Å². The van der Waals surface area contributed by atoms with Crippen LogP contribution in [0.5, 0.6) is 5.75 Å². The molecule has 124 valence electrons. The standard InChI is InChI=1S/C18H18N2O4/c21-17(20-16(18(22)23)13-6-7-13)14-4-1-5-15(9-14)24-11-12-3-2-8-19-10-12/h1-5,8-10,13,16H,6-7,11H2,(H,20,21)(H,22,23). The van der Waals surface area contributed by atoms with Gasteiger partial charge in [-0.2, -0.15) is 0 Å². The third-order valence-corrected chi connectivity index (χ3v) is 3.87. The van der Waals surface area contributed by atoms with Crippen molar-refractivity contribution in [1.82, 2.24) is 10.3 Å². The van der Waals surface area contributed by atoms with Crippen molar-refractivity contribution in [3.05, 3.63) is 59.9 Å². The number of hydrogen-bond donors (Lipinski definition) is 2. The molecular formula is C18H18N2O4. The quantitative estimate of drug-likeness (QED) is 0.815. The van der Waals surface area contributed by atoms with Crippen LogP contribution in [-0.2, 0) is 11.4 Å². The zero-order valence-electron chi connectivity index (χ0n) is 13.0. The van der Waals surface area contributed by atoms with Crippen molar-refractivity contribution in [2.75, 3.05) is 0 Å². The highest BCUT2D eigenvalue weighted by molar-refractivity contribution is 5.97. The summed E-state index contributed by atoms with van der Waals surface area (Å²) < 4.78 is 5.66. The Morgan fingerprint density at radius 2 is 2.12 bits per heavy atom. The smallest absolute Gasteiger partial charge is 0.326 e. The molecule has 1 unspecified atom stereocenters. The number of amides is 1. The average molecular weight is 326 g/mol. The Morgan fingerprint density at radius 3 is 2.79 bits per heavy atom. The fraction of sp³-hybridized carbons (Fsp3) is 0.278. The number of benzene rings is 1. The topological polar surface area (TPSA) is 88.5 Å². The van der Waals surface area contributed by atoms with Gasteiger partial charge in [-0.25, -0.2) is 4.79 Å². The number of aliphatic carboxylic acids is 1. The Balaban J connectivity index is 1.63. The molecule has 1 aliphatic rings. The molecule has 6 nitrogen and oxygen atoms in total. The number of ether oxygens (including phenoxy) is 1. The second kappa shape index (κ2) is 7.12. The Bertz CT molecular complexity index is 729. The molecule has 0 aliphatic heterocycles. The summed E-state index contributed by atoms with van der Waals surface area (Å²) in [5, 5.41) is 11.8. The molecule has 24 heavy (non-hydrogen) atoms. The lowest BCUT2D eigenvalue weighted by Gasteiger charge is -2.14. The summed E-state index contributed by atoms with van der Waals surface area (Å²) in [7, 11) is 0. The third kappa shape index (κ3) is 4.10. The summed E-state index contributed by atoms with van der Waals surface area (Å²) in [6.07, 6.45) is 5.08. The van der Waals surface area contributed by atoms with E-state index in [2.05, 4.69) is 10.3 Å². The zero-order valence-corrected chi connectivity index (χ0v) is 13.0. The number of hydrogen-bond acceptors (Lipinski definition) is 4. The van der Waals surface area contributed by atoms with E-state index in [0.717, 1.165) is 18.4 Å². The summed E-state index contributed by atoms with van der Waals surface area (Å²) in [4.78, 5) is 27.5. The predicted molar refractivity (Wildman–Crippen MR) is 86.6 cm³/mol. The van der Waals surface area contributed by atoms with Gasteiger partial charge in [0.1, 0.15) is 18.4 Å². The molecule has 0 saturated heterocycles. The van der Waals surface area contributed by atoms with E-state index in [1.807, 2.05) is 12.1 Å². The van der Waals surface area contributed by atoms with Gasteiger partial charge in [0.15, 0.2) is 0 Å². The van der Waals surface area contributed by atoms with Crippen LogP contribution in [0.15, 0.2) is 48.8 Å². The van der Waals surface area contributed by atoms with Crippen LogP contribution in [0.2, 0.25) is 0 Å². The van der Waals surface area contributed by atoms with E-state index < -0.39 is 17.9 Å². The van der Waals surface area contributed by atoms with Gasteiger partial charge >= 0.3 is 5.97 Å². The molecule has 6 heteroatoms. The first kappa shape index (κ1) is 16.0. The number of rotatable bonds is 7. The van der Waals surface area contributed by atoms with E-state index >= 15 is 0 Å². The SMILES string of the molecule is O=C(NC(C(=O)O)C1CC1)c1cccc(OCc2cccnc2)c1. The number of pyridine rings is 1. The van der Waals surface area contributed by atoms with Gasteiger partial charge in [0.25, 0.3) is 5.91 Å². The molecule has 3 rings (SSSR count). The maximum absolute atomic E-state index is 12.3. The molecule has 0 spiro atoms. The summed E-state index contributed by atoms with van der Waals surface area (Å²) in [6.45, 7) is 0.346. The molecule has 1 aliphatic carbocycles. The van der Waals surface area contributed by atoms with Crippen LogP contribution in [0.25, 0.3) is 0 Å². The zero-order chi connectivity index (χ0) is 16.9. The van der Waals surface area contributed by atoms with Gasteiger partial charge in [-0.05, 0) is 43.0 Å². The molecule has 1 fully saturated rings. The lowest BCUT2D eigenvalue weighted by Crippen LogP contribution is -2.42. The van der Waals surface area contributed by atoms with Gasteiger partial charge in [0.2, 0.25) is 0 Å². The van der Waals surface area contributed by atoms with Gasteiger partial charge in [-0.1, -0.05) is 12.1 Å². The van der Waals surface area contributed by atoms with Gasteiger partial charge in [-0.15, -0.1) is 0 Å². The summed E-state index contributed by atoms with van der Waals surface area (Å²) in [5.41, 5.74) is 1.30. The number of aromatic nitrogens is 1. The normalized spacial score (nSPS) is 14.7. The molecule has 1 heterocycles. The fourth-order valence-electron chi connectivity index (χ4n) is 2.41. The summed E-state index contributed by atoms with van der Waals surface area (Å²) in [6, 6.07) is 9.61. The first-order valence-electron chi connectivity index (χ1n) is 7.79. The maximum Gasteiger partial charge on any atom is 0.326 e. The Kier molecular flexibility index (Phi) is 4.74. The van der Waals surface area contributed by atoms with Crippen LogP contribution in [0.3, 0.4) is 0 Å². The first-order chi connectivity index (χ1) is 11.6. The van der Waals surface area contributed by atoms with Crippen molar-refractivity contribution in [1.29, 1.82) is 0 Å². The van der Waals surface area contributed by atoms with Crippen LogP contribution in [0, 0.1) is 5.92 Å². The Morgan fingerprint density at radius 1 is 1.29 bits per heavy atom. The number of carboxylic acid groups (broad SMARTS) is 1. The molecule has 2 aromatic rings. The van der Waals surface area contributed by atoms with Gasteiger partial charge in [0.05, 0.1) is 0 Å². The van der Waals surface area contributed by atoms with Gasteiger partial charge in [-0.3, -0.25) is 9.78 Å². The van der Waals surface area contributed by atoms with Crippen LogP contribution in [0.1, 0.15) is 28.8 Å². The second-order valence-corrected chi connectivity index (χ2v) is 5.80. The number of nitrogens with zero attached hydrogens (tertiary/aromatic N) is 1. The predicted octanol–water partition coefficient (Wildman–Crippen LogP) is 2.25. The minimum absolute atomic E-state index is 0.0384. The highest BCUT2D eigenvalue weighted by Crippen LogP contribution is 2.33. The maximum atomic E-state index is 12.3. The van der Waals surface area contributed by atoms with Crippen molar-refractivity contribution in [2.45, 2.75) is 25.5 Å². The third-order valence-electron chi connectivity index (χ3n) is 3.87. The highest BCUT2D eigenvalue weighted by atomic mass is 16.5. The molecule has 0 radical (unpaired) electrons. The minimum Gasteiger partial charge on any atom is -0.489 e. The van der Waals surface area contributed by atoms with Crippen molar-refractivity contribution < 1.29 is 19.4 Å². The van der Waals surface area contributed by atoms with Crippen LogP contribution >= 0.6 is 0 Å². The van der Waals surface area contributed by atoms with Crippen molar-refractivity contribution in [3.63, 3.8) is 0 Å². The van der Waals surface area contributed by atoms with E-state index in [-0.39, 0.29) is 5.92 Å². The van der Waals surface area contributed by atoms with E-state index in [1.165, 1.54) is 0 Å². The minimum atomic E-state index is -0.991. The van der Waals surface area contributed by atoms with E-state index in [4.69, 9.17) is 4.74 Å². The lowest BCUT2D eigenvalue weighted by atomic mass is 10.1. The van der Waals surface area contributed by atoms with Gasteiger partial charge in [0, 0.05) is 23.5 Å². The van der Waals surface area contributed by atoms with E-state index in [0.29, 0.717) is 17.9 Å². The van der Waals surface area contributed by atoms with Crippen LogP contribution in [-0.4, -0.2) is 28.0 Å². The van der Waals surface area contributed by atoms with Crippen molar-refractivity contribution in [3.8, 4) is 5.75 Å². The highest BCUT2D eigenvalue weighted by Gasteiger charge is 2.37. The molecule has 0 bridgehead atoms. The largest absolute Gasteiger partial charge is 0.489 e. The lowest BCUT2D eigenvalue weighted by molar-refractivity contribution is -0.139. The average Bonchev–Trinajstić information content (AvgIpc) is 3.43. The van der Waals surface area contributed by atoms with Gasteiger partial charge < -0.3 is 15.2 Å². The number of carbonyl (C=O) groups excluding carboxylic acids is 1. The molecule has 1 saturated carbocycles. The molecule has 2 N–H and O–H groups in total. The monoisotopic (exact) mass is 326 g/mol. The van der Waals surface area contributed by atoms with Crippen molar-refractivity contribution in [2.24, 2.45) is 5.92 Å².